The first kappa shape index (κ1) is 18.0. The van der Waals surface area contributed by atoms with Crippen molar-refractivity contribution in [1.82, 2.24) is 15.1 Å². The molecule has 1 heterocycles. The Labute approximate surface area is 129 Å². The van der Waals surface area contributed by atoms with E-state index >= 15 is 0 Å². The highest BCUT2D eigenvalue weighted by Gasteiger charge is 2.43. The average Bonchev–Trinajstić information content (AvgIpc) is 2.39. The average molecular weight is 297 g/mol. The maximum atomic E-state index is 12.5. The number of nitrogens with zero attached hydrogens (tertiary/aromatic N) is 2. The van der Waals surface area contributed by atoms with Gasteiger partial charge in [0, 0.05) is 12.6 Å². The van der Waals surface area contributed by atoms with E-state index in [1.807, 2.05) is 6.92 Å². The lowest BCUT2D eigenvalue weighted by molar-refractivity contribution is -0.153. The van der Waals surface area contributed by atoms with Crippen molar-refractivity contribution >= 4 is 11.8 Å². The van der Waals surface area contributed by atoms with E-state index in [4.69, 9.17) is 0 Å². The van der Waals surface area contributed by atoms with Crippen LogP contribution in [0.4, 0.5) is 0 Å². The van der Waals surface area contributed by atoms with Gasteiger partial charge in [0.15, 0.2) is 0 Å². The van der Waals surface area contributed by atoms with Gasteiger partial charge in [0.25, 0.3) is 0 Å². The van der Waals surface area contributed by atoms with Crippen molar-refractivity contribution in [2.45, 2.75) is 71.5 Å². The Morgan fingerprint density at radius 1 is 1.29 bits per heavy atom. The van der Waals surface area contributed by atoms with E-state index in [0.717, 1.165) is 19.4 Å². The van der Waals surface area contributed by atoms with Crippen LogP contribution in [0.1, 0.15) is 53.9 Å². The van der Waals surface area contributed by atoms with Gasteiger partial charge in [-0.1, -0.05) is 6.92 Å². The van der Waals surface area contributed by atoms with E-state index in [-0.39, 0.29) is 17.9 Å². The number of rotatable bonds is 7. The van der Waals surface area contributed by atoms with E-state index in [2.05, 4.69) is 31.1 Å². The summed E-state index contributed by atoms with van der Waals surface area (Å²) in [5.74, 6) is 0.00700. The van der Waals surface area contributed by atoms with Crippen molar-refractivity contribution in [1.29, 1.82) is 0 Å². The monoisotopic (exact) mass is 297 g/mol. The third-order valence-electron chi connectivity index (χ3n) is 4.34. The topological polar surface area (TPSA) is 52.7 Å². The van der Waals surface area contributed by atoms with Crippen LogP contribution in [0.15, 0.2) is 0 Å². The van der Waals surface area contributed by atoms with Gasteiger partial charge in [-0.15, -0.1) is 0 Å². The van der Waals surface area contributed by atoms with Crippen LogP contribution >= 0.6 is 0 Å². The first-order valence-electron chi connectivity index (χ1n) is 8.04. The summed E-state index contributed by atoms with van der Waals surface area (Å²) in [6.07, 6.45) is 2.64. The summed E-state index contributed by atoms with van der Waals surface area (Å²) in [5, 5.41) is 2.82. The summed E-state index contributed by atoms with van der Waals surface area (Å²) in [5.41, 5.74) is -0.780. The molecule has 1 saturated heterocycles. The second-order valence-corrected chi connectivity index (χ2v) is 6.82. The van der Waals surface area contributed by atoms with E-state index in [0.29, 0.717) is 19.0 Å². The number of nitrogens with one attached hydrogen (secondary N) is 1. The van der Waals surface area contributed by atoms with E-state index < -0.39 is 5.54 Å². The molecular weight excluding hydrogens is 266 g/mol. The molecule has 1 aliphatic rings. The minimum absolute atomic E-state index is 0.0265. The predicted octanol–water partition coefficient (Wildman–Crippen LogP) is 1.62. The maximum absolute atomic E-state index is 12.5. The molecule has 0 aromatic heterocycles. The predicted molar refractivity (Wildman–Crippen MR) is 85.0 cm³/mol. The van der Waals surface area contributed by atoms with Crippen molar-refractivity contribution in [3.05, 3.63) is 0 Å². The van der Waals surface area contributed by atoms with Gasteiger partial charge in [0.2, 0.25) is 11.8 Å². The SMILES string of the molecule is CCC1C(=O)NC(C)(C)C(=O)N1CCCCN(C)C(C)C. The number of hydrogen-bond donors (Lipinski definition) is 1. The van der Waals surface area contributed by atoms with Gasteiger partial charge < -0.3 is 15.1 Å². The van der Waals surface area contributed by atoms with Crippen molar-refractivity contribution in [2.24, 2.45) is 0 Å². The molecule has 5 nitrogen and oxygen atoms in total. The quantitative estimate of drug-likeness (QED) is 0.727. The summed E-state index contributed by atoms with van der Waals surface area (Å²) >= 11 is 0. The summed E-state index contributed by atoms with van der Waals surface area (Å²) < 4.78 is 0. The molecule has 0 spiro atoms. The number of amides is 2. The number of piperazine rings is 1. The summed E-state index contributed by atoms with van der Waals surface area (Å²) in [6.45, 7) is 11.5. The first-order valence-corrected chi connectivity index (χ1v) is 8.04. The molecule has 0 bridgehead atoms. The summed E-state index contributed by atoms with van der Waals surface area (Å²) in [6, 6.07) is 0.225. The summed E-state index contributed by atoms with van der Waals surface area (Å²) in [7, 11) is 2.11. The van der Waals surface area contributed by atoms with E-state index in [1.165, 1.54) is 0 Å². The van der Waals surface area contributed by atoms with Crippen LogP contribution in [-0.2, 0) is 9.59 Å². The molecule has 0 aromatic carbocycles. The largest absolute Gasteiger partial charge is 0.340 e. The Kier molecular flexibility index (Phi) is 6.20. The Balaban J connectivity index is 2.57. The number of carbonyl (C=O) groups is 2. The van der Waals surface area contributed by atoms with Crippen LogP contribution in [0.2, 0.25) is 0 Å². The van der Waals surface area contributed by atoms with Crippen molar-refractivity contribution in [2.75, 3.05) is 20.1 Å². The standard InChI is InChI=1S/C16H31N3O2/c1-7-13-14(20)17-16(4,5)15(21)19(13)11-9-8-10-18(6)12(2)3/h12-13H,7-11H2,1-6H3,(H,17,20). The maximum Gasteiger partial charge on any atom is 0.248 e. The van der Waals surface area contributed by atoms with E-state index in [1.54, 1.807) is 18.7 Å². The lowest BCUT2D eigenvalue weighted by Gasteiger charge is -2.42. The minimum Gasteiger partial charge on any atom is -0.340 e. The zero-order valence-electron chi connectivity index (χ0n) is 14.4. The first-order chi connectivity index (χ1) is 9.70. The fraction of sp³-hybridized carbons (Fsp3) is 0.875. The highest BCUT2D eigenvalue weighted by atomic mass is 16.2. The Bertz CT molecular complexity index is 380. The molecule has 1 aliphatic heterocycles. The molecule has 0 saturated carbocycles. The number of unbranched alkanes of at least 4 members (excludes halogenated alkanes) is 1. The van der Waals surface area contributed by atoms with Gasteiger partial charge in [-0.05, 0) is 60.5 Å². The highest BCUT2D eigenvalue weighted by molar-refractivity contribution is 5.99. The highest BCUT2D eigenvalue weighted by Crippen LogP contribution is 2.20. The zero-order chi connectivity index (χ0) is 16.2. The Morgan fingerprint density at radius 3 is 2.43 bits per heavy atom. The minimum atomic E-state index is -0.780. The molecule has 5 heteroatoms. The number of carbonyl (C=O) groups excluding carboxylic acids is 2. The lowest BCUT2D eigenvalue weighted by atomic mass is 9.95. The molecular formula is C16H31N3O2. The molecule has 0 radical (unpaired) electrons. The van der Waals surface area contributed by atoms with Crippen molar-refractivity contribution in [3.8, 4) is 0 Å². The molecule has 1 unspecified atom stereocenters. The van der Waals surface area contributed by atoms with Crippen molar-refractivity contribution in [3.63, 3.8) is 0 Å². The molecule has 0 aromatic rings. The van der Waals surface area contributed by atoms with Crippen LogP contribution < -0.4 is 5.32 Å². The fourth-order valence-electron chi connectivity index (χ4n) is 2.65. The van der Waals surface area contributed by atoms with Gasteiger partial charge in [0.1, 0.15) is 11.6 Å². The third-order valence-corrected chi connectivity index (χ3v) is 4.34. The van der Waals surface area contributed by atoms with Gasteiger partial charge in [-0.3, -0.25) is 9.59 Å². The number of hydrogen-bond acceptors (Lipinski definition) is 3. The molecule has 1 N–H and O–H groups in total. The van der Waals surface area contributed by atoms with E-state index in [9.17, 15) is 9.59 Å². The van der Waals surface area contributed by atoms with Crippen LogP contribution in [0.5, 0.6) is 0 Å². The molecule has 0 aliphatic carbocycles. The summed E-state index contributed by atoms with van der Waals surface area (Å²) in [4.78, 5) is 28.7. The fourth-order valence-corrected chi connectivity index (χ4v) is 2.65. The lowest BCUT2D eigenvalue weighted by Crippen LogP contribution is -2.68. The van der Waals surface area contributed by atoms with Crippen LogP contribution in [-0.4, -0.2) is 59.4 Å². The second kappa shape index (κ2) is 7.25. The van der Waals surface area contributed by atoms with Gasteiger partial charge in [0.05, 0.1) is 0 Å². The second-order valence-electron chi connectivity index (χ2n) is 6.82. The van der Waals surface area contributed by atoms with Gasteiger partial charge >= 0.3 is 0 Å². The smallest absolute Gasteiger partial charge is 0.248 e. The van der Waals surface area contributed by atoms with Crippen LogP contribution in [0.3, 0.4) is 0 Å². The zero-order valence-corrected chi connectivity index (χ0v) is 14.4. The van der Waals surface area contributed by atoms with Gasteiger partial charge in [-0.2, -0.15) is 0 Å². The normalized spacial score (nSPS) is 22.1. The Morgan fingerprint density at radius 2 is 1.90 bits per heavy atom. The van der Waals surface area contributed by atoms with Crippen LogP contribution in [0.25, 0.3) is 0 Å². The molecule has 122 valence electrons. The molecule has 1 atom stereocenters. The Hall–Kier alpha value is -1.10. The molecule has 2 amide bonds. The molecule has 21 heavy (non-hydrogen) atoms. The molecule has 1 fully saturated rings. The van der Waals surface area contributed by atoms with Crippen molar-refractivity contribution < 1.29 is 9.59 Å². The van der Waals surface area contributed by atoms with Gasteiger partial charge in [-0.25, -0.2) is 0 Å². The third kappa shape index (κ3) is 4.43. The molecule has 1 rings (SSSR count). The van der Waals surface area contributed by atoms with Crippen LogP contribution in [0, 0.1) is 0 Å².